The van der Waals surface area contributed by atoms with Crippen molar-refractivity contribution < 1.29 is 19.4 Å². The van der Waals surface area contributed by atoms with Gasteiger partial charge in [-0.25, -0.2) is 9.78 Å². The largest absolute Gasteiger partial charge is 0.480 e. The molecule has 1 atom stereocenters. The number of carbonyl (C=O) groups is 2. The van der Waals surface area contributed by atoms with E-state index in [2.05, 4.69) is 10.3 Å². The molecule has 1 aromatic rings. The average Bonchev–Trinajstić information content (AvgIpc) is 2.86. The number of methoxy groups -OCH3 is 1. The molecule has 2 amide bonds. The van der Waals surface area contributed by atoms with E-state index in [1.807, 2.05) is 11.5 Å². The molecule has 1 rings (SSSR count). The maximum absolute atomic E-state index is 12.0. The zero-order valence-corrected chi connectivity index (χ0v) is 11.7. The lowest BCUT2D eigenvalue weighted by molar-refractivity contribution is -0.137. The van der Waals surface area contributed by atoms with E-state index < -0.39 is 12.0 Å². The SMILES string of the molecule is COCCN(CC(=O)O)C(=O)NC(C)Cn1ccnc1. The van der Waals surface area contributed by atoms with Gasteiger partial charge in [0.1, 0.15) is 6.54 Å². The summed E-state index contributed by atoms with van der Waals surface area (Å²) in [6, 6.07) is -0.562. The number of aliphatic carboxylic acids is 1. The minimum atomic E-state index is -1.06. The van der Waals surface area contributed by atoms with E-state index in [0.29, 0.717) is 6.54 Å². The van der Waals surface area contributed by atoms with E-state index in [1.165, 1.54) is 12.0 Å². The molecule has 1 heterocycles. The number of carboxylic acids is 1. The number of aromatic nitrogens is 2. The Bertz CT molecular complexity index is 421. The first-order valence-corrected chi connectivity index (χ1v) is 6.25. The number of amides is 2. The number of hydrogen-bond donors (Lipinski definition) is 2. The minimum Gasteiger partial charge on any atom is -0.480 e. The van der Waals surface area contributed by atoms with Gasteiger partial charge in [-0.05, 0) is 6.92 Å². The first kappa shape index (κ1) is 16.0. The molecule has 1 unspecified atom stereocenters. The number of nitrogens with one attached hydrogen (secondary N) is 1. The van der Waals surface area contributed by atoms with Crippen molar-refractivity contribution in [1.29, 1.82) is 0 Å². The third kappa shape index (κ3) is 5.70. The van der Waals surface area contributed by atoms with E-state index in [9.17, 15) is 9.59 Å². The standard InChI is InChI=1S/C12H20N4O4/c1-10(7-15-4-3-13-9-15)14-12(19)16(5-6-20-2)8-11(17)18/h3-4,9-10H,5-8H2,1-2H3,(H,14,19)(H,17,18). The minimum absolute atomic E-state index is 0.143. The van der Waals surface area contributed by atoms with Gasteiger partial charge in [-0.1, -0.05) is 0 Å². The number of imidazole rings is 1. The molecule has 0 aliphatic carbocycles. The van der Waals surface area contributed by atoms with Crippen LogP contribution < -0.4 is 5.32 Å². The second-order valence-electron chi connectivity index (χ2n) is 4.42. The summed E-state index contributed by atoms with van der Waals surface area (Å²) in [6.45, 7) is 2.57. The third-order valence-electron chi connectivity index (χ3n) is 2.59. The van der Waals surface area contributed by atoms with Gasteiger partial charge in [0.15, 0.2) is 0 Å². The van der Waals surface area contributed by atoms with Gasteiger partial charge in [-0.3, -0.25) is 4.79 Å². The Labute approximate surface area is 117 Å². The maximum Gasteiger partial charge on any atom is 0.323 e. The van der Waals surface area contributed by atoms with Crippen LogP contribution in [-0.4, -0.2) is 64.4 Å². The summed E-state index contributed by atoms with van der Waals surface area (Å²) in [5.41, 5.74) is 0. The zero-order valence-electron chi connectivity index (χ0n) is 11.7. The van der Waals surface area contributed by atoms with Crippen molar-refractivity contribution in [2.75, 3.05) is 26.8 Å². The smallest absolute Gasteiger partial charge is 0.323 e. The molecule has 0 aliphatic rings. The second kappa shape index (κ2) is 8.16. The molecular formula is C12H20N4O4. The molecule has 0 aromatic carbocycles. The van der Waals surface area contributed by atoms with Crippen LogP contribution in [0.15, 0.2) is 18.7 Å². The molecule has 0 saturated carbocycles. The van der Waals surface area contributed by atoms with Crippen molar-refractivity contribution in [3.63, 3.8) is 0 Å². The summed E-state index contributed by atoms with van der Waals surface area (Å²) < 4.78 is 6.70. The number of hydrogen-bond acceptors (Lipinski definition) is 4. The number of rotatable bonds is 8. The van der Waals surface area contributed by atoms with Gasteiger partial charge in [0.2, 0.25) is 0 Å². The zero-order chi connectivity index (χ0) is 15.0. The second-order valence-corrected chi connectivity index (χ2v) is 4.42. The lowest BCUT2D eigenvalue weighted by atomic mass is 10.3. The van der Waals surface area contributed by atoms with Crippen LogP contribution in [0.4, 0.5) is 4.79 Å². The Morgan fingerprint density at radius 1 is 1.55 bits per heavy atom. The van der Waals surface area contributed by atoms with E-state index in [4.69, 9.17) is 9.84 Å². The molecule has 2 N–H and O–H groups in total. The van der Waals surface area contributed by atoms with Gasteiger partial charge in [-0.2, -0.15) is 0 Å². The Kier molecular flexibility index (Phi) is 6.51. The van der Waals surface area contributed by atoms with E-state index in [-0.39, 0.29) is 25.7 Å². The van der Waals surface area contributed by atoms with Crippen LogP contribution in [0.1, 0.15) is 6.92 Å². The van der Waals surface area contributed by atoms with Gasteiger partial charge in [0, 0.05) is 38.6 Å². The Morgan fingerprint density at radius 3 is 2.85 bits per heavy atom. The highest BCUT2D eigenvalue weighted by atomic mass is 16.5. The van der Waals surface area contributed by atoms with Crippen LogP contribution in [0.5, 0.6) is 0 Å². The van der Waals surface area contributed by atoms with Crippen LogP contribution in [0.25, 0.3) is 0 Å². The molecule has 8 heteroatoms. The fraction of sp³-hybridized carbons (Fsp3) is 0.583. The number of carboxylic acid groups (broad SMARTS) is 1. The molecule has 0 spiro atoms. The number of ether oxygens (including phenoxy) is 1. The molecule has 1 aromatic heterocycles. The number of nitrogens with zero attached hydrogens (tertiary/aromatic N) is 3. The van der Waals surface area contributed by atoms with Crippen LogP contribution in [0, 0.1) is 0 Å². The van der Waals surface area contributed by atoms with Crippen LogP contribution in [0.3, 0.4) is 0 Å². The Hall–Kier alpha value is -2.09. The predicted molar refractivity (Wildman–Crippen MR) is 71.3 cm³/mol. The summed E-state index contributed by atoms with van der Waals surface area (Å²) in [5, 5.41) is 11.6. The molecule has 112 valence electrons. The maximum atomic E-state index is 12.0. The molecule has 0 saturated heterocycles. The van der Waals surface area contributed by atoms with Gasteiger partial charge in [-0.15, -0.1) is 0 Å². The molecule has 0 radical (unpaired) electrons. The first-order valence-electron chi connectivity index (χ1n) is 6.25. The van der Waals surface area contributed by atoms with Gasteiger partial charge < -0.3 is 24.6 Å². The molecule has 20 heavy (non-hydrogen) atoms. The van der Waals surface area contributed by atoms with Gasteiger partial charge in [0.25, 0.3) is 0 Å². The Morgan fingerprint density at radius 2 is 2.30 bits per heavy atom. The molecule has 0 bridgehead atoms. The normalized spacial score (nSPS) is 11.9. The van der Waals surface area contributed by atoms with E-state index in [1.54, 1.807) is 18.7 Å². The molecular weight excluding hydrogens is 264 g/mol. The lowest BCUT2D eigenvalue weighted by Gasteiger charge is -2.23. The molecule has 0 fully saturated rings. The van der Waals surface area contributed by atoms with Crippen molar-refractivity contribution in [1.82, 2.24) is 19.8 Å². The van der Waals surface area contributed by atoms with E-state index >= 15 is 0 Å². The van der Waals surface area contributed by atoms with Crippen molar-refractivity contribution in [3.8, 4) is 0 Å². The van der Waals surface area contributed by atoms with Crippen molar-refractivity contribution in [2.45, 2.75) is 19.5 Å². The average molecular weight is 284 g/mol. The number of carbonyl (C=O) groups excluding carboxylic acids is 1. The highest BCUT2D eigenvalue weighted by molar-refractivity contribution is 5.80. The monoisotopic (exact) mass is 284 g/mol. The van der Waals surface area contributed by atoms with E-state index in [0.717, 1.165) is 0 Å². The molecule has 8 nitrogen and oxygen atoms in total. The van der Waals surface area contributed by atoms with Crippen LogP contribution in [-0.2, 0) is 16.1 Å². The summed E-state index contributed by atoms with van der Waals surface area (Å²) in [5.74, 6) is -1.06. The summed E-state index contributed by atoms with van der Waals surface area (Å²) >= 11 is 0. The summed E-state index contributed by atoms with van der Waals surface area (Å²) in [6.07, 6.45) is 5.11. The van der Waals surface area contributed by atoms with Gasteiger partial charge in [0.05, 0.1) is 12.9 Å². The first-order chi connectivity index (χ1) is 9.52. The highest BCUT2D eigenvalue weighted by Gasteiger charge is 2.18. The fourth-order valence-electron chi connectivity index (χ4n) is 1.68. The van der Waals surface area contributed by atoms with Crippen molar-refractivity contribution in [3.05, 3.63) is 18.7 Å². The van der Waals surface area contributed by atoms with Crippen LogP contribution >= 0.6 is 0 Å². The van der Waals surface area contributed by atoms with Crippen molar-refractivity contribution in [2.24, 2.45) is 0 Å². The fourth-order valence-corrected chi connectivity index (χ4v) is 1.68. The van der Waals surface area contributed by atoms with Crippen molar-refractivity contribution >= 4 is 12.0 Å². The van der Waals surface area contributed by atoms with Crippen LogP contribution in [0.2, 0.25) is 0 Å². The topological polar surface area (TPSA) is 96.7 Å². The summed E-state index contributed by atoms with van der Waals surface area (Å²) in [4.78, 5) is 27.9. The highest BCUT2D eigenvalue weighted by Crippen LogP contribution is 1.96. The quantitative estimate of drug-likeness (QED) is 0.701. The predicted octanol–water partition coefficient (Wildman–Crippen LogP) is 0.0142. The number of urea groups is 1. The third-order valence-corrected chi connectivity index (χ3v) is 2.59. The van der Waals surface area contributed by atoms with Gasteiger partial charge >= 0.3 is 12.0 Å². The Balaban J connectivity index is 2.48. The summed E-state index contributed by atoms with van der Waals surface area (Å²) in [7, 11) is 1.50. The molecule has 0 aliphatic heterocycles. The lowest BCUT2D eigenvalue weighted by Crippen LogP contribution is -2.48.